The number of piperidine rings is 1. The molecule has 2 fully saturated rings. The number of likely N-dealkylation sites (tertiary alicyclic amines) is 1. The molecule has 0 amide bonds. The van der Waals surface area contributed by atoms with Gasteiger partial charge in [0.05, 0.1) is 0 Å². The Balaban J connectivity index is 1.85. The van der Waals surface area contributed by atoms with E-state index in [0.29, 0.717) is 10.5 Å². The SMILES string of the molecule is CSC1(CN2CCC(=O)C(C)C2)CC1. The van der Waals surface area contributed by atoms with Gasteiger partial charge in [-0.3, -0.25) is 4.79 Å². The van der Waals surface area contributed by atoms with E-state index >= 15 is 0 Å². The Bertz CT molecular complexity index is 237. The van der Waals surface area contributed by atoms with Crippen molar-refractivity contribution in [3.63, 3.8) is 0 Å². The molecule has 1 saturated carbocycles. The number of Topliss-reactive ketones (excluding diaryl/α,β-unsaturated/α-hetero) is 1. The van der Waals surface area contributed by atoms with Gasteiger partial charge in [0.25, 0.3) is 0 Å². The standard InChI is InChI=1S/C11H19NOS/c1-9-7-12(6-3-10(9)13)8-11(14-2)4-5-11/h9H,3-8H2,1-2H3. The molecule has 1 aliphatic heterocycles. The molecule has 2 aliphatic rings. The fourth-order valence-electron chi connectivity index (χ4n) is 2.21. The third-order valence-corrected chi connectivity index (χ3v) is 4.91. The van der Waals surface area contributed by atoms with E-state index in [1.54, 1.807) is 0 Å². The lowest BCUT2D eigenvalue weighted by Crippen LogP contribution is -2.43. The summed E-state index contributed by atoms with van der Waals surface area (Å²) in [6.45, 7) is 5.24. The molecule has 0 aromatic heterocycles. The lowest BCUT2D eigenvalue weighted by atomic mass is 9.98. The minimum absolute atomic E-state index is 0.265. The van der Waals surface area contributed by atoms with Gasteiger partial charge in [-0.15, -0.1) is 0 Å². The fraction of sp³-hybridized carbons (Fsp3) is 0.909. The first-order valence-corrected chi connectivity index (χ1v) is 6.68. The zero-order chi connectivity index (χ0) is 10.2. The molecular weight excluding hydrogens is 194 g/mol. The Kier molecular flexibility index (Phi) is 2.89. The minimum atomic E-state index is 0.265. The van der Waals surface area contributed by atoms with Gasteiger partial charge in [0.2, 0.25) is 0 Å². The Labute approximate surface area is 90.4 Å². The molecule has 2 nitrogen and oxygen atoms in total. The molecule has 1 aliphatic carbocycles. The van der Waals surface area contributed by atoms with Gasteiger partial charge < -0.3 is 4.90 Å². The topological polar surface area (TPSA) is 20.3 Å². The normalized spacial score (nSPS) is 31.9. The highest BCUT2D eigenvalue weighted by atomic mass is 32.2. The summed E-state index contributed by atoms with van der Waals surface area (Å²) < 4.78 is 0.556. The van der Waals surface area contributed by atoms with Gasteiger partial charge in [-0.05, 0) is 19.1 Å². The van der Waals surface area contributed by atoms with E-state index in [1.807, 2.05) is 11.8 Å². The Hall–Kier alpha value is -0.0200. The Morgan fingerprint density at radius 2 is 2.29 bits per heavy atom. The van der Waals surface area contributed by atoms with E-state index in [0.717, 1.165) is 19.5 Å². The molecule has 0 radical (unpaired) electrons. The van der Waals surface area contributed by atoms with Gasteiger partial charge >= 0.3 is 0 Å². The lowest BCUT2D eigenvalue weighted by molar-refractivity contribution is -0.125. The molecule has 0 aromatic carbocycles. The van der Waals surface area contributed by atoms with Crippen molar-refractivity contribution in [3.8, 4) is 0 Å². The first-order valence-electron chi connectivity index (χ1n) is 5.45. The number of ketones is 1. The summed E-state index contributed by atoms with van der Waals surface area (Å²) in [5.41, 5.74) is 0. The van der Waals surface area contributed by atoms with Crippen LogP contribution in [0.4, 0.5) is 0 Å². The number of thioether (sulfide) groups is 1. The maximum Gasteiger partial charge on any atom is 0.138 e. The van der Waals surface area contributed by atoms with E-state index in [4.69, 9.17) is 0 Å². The zero-order valence-corrected chi connectivity index (χ0v) is 9.90. The third kappa shape index (κ3) is 2.14. The molecule has 0 N–H and O–H groups in total. The summed E-state index contributed by atoms with van der Waals surface area (Å²) in [4.78, 5) is 13.8. The molecular formula is C11H19NOS. The number of carbonyl (C=O) groups excluding carboxylic acids is 1. The van der Waals surface area contributed by atoms with E-state index in [-0.39, 0.29) is 5.92 Å². The highest BCUT2D eigenvalue weighted by molar-refractivity contribution is 8.00. The van der Waals surface area contributed by atoms with Crippen LogP contribution in [0.25, 0.3) is 0 Å². The highest BCUT2D eigenvalue weighted by Crippen LogP contribution is 2.47. The monoisotopic (exact) mass is 213 g/mol. The molecule has 0 spiro atoms. The van der Waals surface area contributed by atoms with Crippen LogP contribution in [-0.2, 0) is 4.79 Å². The predicted molar refractivity (Wildman–Crippen MR) is 60.7 cm³/mol. The summed E-state index contributed by atoms with van der Waals surface area (Å²) in [6.07, 6.45) is 5.72. The zero-order valence-electron chi connectivity index (χ0n) is 9.08. The van der Waals surface area contributed by atoms with Crippen LogP contribution in [0, 0.1) is 5.92 Å². The summed E-state index contributed by atoms with van der Waals surface area (Å²) in [5.74, 6) is 0.719. The highest BCUT2D eigenvalue weighted by Gasteiger charge is 2.43. The maximum atomic E-state index is 11.4. The maximum absolute atomic E-state index is 11.4. The molecule has 1 atom stereocenters. The van der Waals surface area contributed by atoms with Crippen LogP contribution in [0.5, 0.6) is 0 Å². The van der Waals surface area contributed by atoms with Gasteiger partial charge in [0, 0.05) is 36.7 Å². The van der Waals surface area contributed by atoms with Crippen LogP contribution < -0.4 is 0 Å². The second-order valence-electron chi connectivity index (χ2n) is 4.74. The van der Waals surface area contributed by atoms with Crippen molar-refractivity contribution in [1.82, 2.24) is 4.90 Å². The van der Waals surface area contributed by atoms with Crippen LogP contribution in [-0.4, -0.2) is 41.3 Å². The number of hydrogen-bond donors (Lipinski definition) is 0. The molecule has 1 saturated heterocycles. The van der Waals surface area contributed by atoms with E-state index < -0.39 is 0 Å². The summed E-state index contributed by atoms with van der Waals surface area (Å²) in [6, 6.07) is 0. The third-order valence-electron chi connectivity index (χ3n) is 3.51. The summed E-state index contributed by atoms with van der Waals surface area (Å²) >= 11 is 2.01. The second-order valence-corrected chi connectivity index (χ2v) is 6.01. The van der Waals surface area contributed by atoms with Crippen molar-refractivity contribution in [1.29, 1.82) is 0 Å². The summed E-state index contributed by atoms with van der Waals surface area (Å²) in [5, 5.41) is 0. The molecule has 0 aromatic rings. The molecule has 1 heterocycles. The number of rotatable bonds is 3. The first-order chi connectivity index (χ1) is 6.65. The average molecular weight is 213 g/mol. The van der Waals surface area contributed by atoms with E-state index in [1.165, 1.54) is 19.4 Å². The van der Waals surface area contributed by atoms with Crippen molar-refractivity contribution < 1.29 is 4.79 Å². The van der Waals surface area contributed by atoms with Crippen LogP contribution >= 0.6 is 11.8 Å². The smallest absolute Gasteiger partial charge is 0.138 e. The van der Waals surface area contributed by atoms with Gasteiger partial charge in [-0.1, -0.05) is 6.92 Å². The Morgan fingerprint density at radius 3 is 2.79 bits per heavy atom. The second kappa shape index (κ2) is 3.86. The van der Waals surface area contributed by atoms with Crippen molar-refractivity contribution in [2.75, 3.05) is 25.9 Å². The quantitative estimate of drug-likeness (QED) is 0.713. The van der Waals surface area contributed by atoms with Gasteiger partial charge in [-0.2, -0.15) is 11.8 Å². The first kappa shape index (κ1) is 10.5. The fourth-order valence-corrected chi connectivity index (χ4v) is 3.03. The molecule has 14 heavy (non-hydrogen) atoms. The van der Waals surface area contributed by atoms with Crippen molar-refractivity contribution in [2.24, 2.45) is 5.92 Å². The average Bonchev–Trinajstić information content (AvgIpc) is 2.93. The minimum Gasteiger partial charge on any atom is -0.301 e. The molecule has 80 valence electrons. The van der Waals surface area contributed by atoms with Gasteiger partial charge in [0.15, 0.2) is 0 Å². The van der Waals surface area contributed by atoms with E-state index in [9.17, 15) is 4.79 Å². The summed E-state index contributed by atoms with van der Waals surface area (Å²) in [7, 11) is 0. The van der Waals surface area contributed by atoms with Crippen molar-refractivity contribution >= 4 is 17.5 Å². The van der Waals surface area contributed by atoms with Crippen LogP contribution in [0.15, 0.2) is 0 Å². The van der Waals surface area contributed by atoms with Crippen LogP contribution in [0.3, 0.4) is 0 Å². The molecule has 2 rings (SSSR count). The van der Waals surface area contributed by atoms with Crippen molar-refractivity contribution in [3.05, 3.63) is 0 Å². The number of hydrogen-bond acceptors (Lipinski definition) is 3. The molecule has 3 heteroatoms. The Morgan fingerprint density at radius 1 is 1.57 bits per heavy atom. The molecule has 1 unspecified atom stereocenters. The largest absolute Gasteiger partial charge is 0.301 e. The molecule has 0 bridgehead atoms. The van der Waals surface area contributed by atoms with Crippen molar-refractivity contribution in [2.45, 2.75) is 30.9 Å². The van der Waals surface area contributed by atoms with Gasteiger partial charge in [0.1, 0.15) is 5.78 Å². The predicted octanol–water partition coefficient (Wildman–Crippen LogP) is 1.79. The van der Waals surface area contributed by atoms with Crippen LogP contribution in [0.2, 0.25) is 0 Å². The van der Waals surface area contributed by atoms with Gasteiger partial charge in [-0.25, -0.2) is 0 Å². The number of nitrogens with zero attached hydrogens (tertiary/aromatic N) is 1. The van der Waals surface area contributed by atoms with E-state index in [2.05, 4.69) is 18.1 Å². The van der Waals surface area contributed by atoms with Crippen LogP contribution in [0.1, 0.15) is 26.2 Å². The lowest BCUT2D eigenvalue weighted by Gasteiger charge is -2.32. The number of carbonyl (C=O) groups is 1.